The minimum Gasteiger partial charge on any atom is -0.491 e. The molecule has 0 saturated heterocycles. The first kappa shape index (κ1) is 22.1. The summed E-state index contributed by atoms with van der Waals surface area (Å²) >= 11 is 3.27. The predicted octanol–water partition coefficient (Wildman–Crippen LogP) is 3.08. The molecule has 28 heavy (non-hydrogen) atoms. The molecule has 0 amide bonds. The van der Waals surface area contributed by atoms with Crippen LogP contribution in [0.1, 0.15) is 19.4 Å². The van der Waals surface area contributed by atoms with Crippen LogP contribution in [0.5, 0.6) is 11.5 Å². The van der Waals surface area contributed by atoms with Gasteiger partial charge in [0, 0.05) is 12.6 Å². The SMILES string of the molecule is CC(C)OC(Cc1cccc(OCC(O)COc2cccnc2Br)c1)C(=O)O. The molecule has 0 aliphatic heterocycles. The number of aliphatic hydroxyl groups excluding tert-OH is 1. The smallest absolute Gasteiger partial charge is 0.333 e. The van der Waals surface area contributed by atoms with Crippen molar-refractivity contribution in [1.29, 1.82) is 0 Å². The second-order valence-corrected chi connectivity index (χ2v) is 7.18. The molecule has 2 atom stereocenters. The van der Waals surface area contributed by atoms with Gasteiger partial charge in [-0.3, -0.25) is 0 Å². The Morgan fingerprint density at radius 2 is 1.93 bits per heavy atom. The van der Waals surface area contributed by atoms with Gasteiger partial charge in [-0.1, -0.05) is 12.1 Å². The second-order valence-electron chi connectivity index (χ2n) is 6.43. The molecule has 0 fully saturated rings. The van der Waals surface area contributed by atoms with Crippen LogP contribution in [0.25, 0.3) is 0 Å². The van der Waals surface area contributed by atoms with Crippen molar-refractivity contribution in [3.05, 3.63) is 52.8 Å². The van der Waals surface area contributed by atoms with Crippen molar-refractivity contribution < 1.29 is 29.2 Å². The van der Waals surface area contributed by atoms with Crippen LogP contribution in [0.4, 0.5) is 0 Å². The van der Waals surface area contributed by atoms with E-state index in [1.807, 2.05) is 6.07 Å². The van der Waals surface area contributed by atoms with Crippen LogP contribution in [0, 0.1) is 0 Å². The monoisotopic (exact) mass is 453 g/mol. The number of benzene rings is 1. The lowest BCUT2D eigenvalue weighted by atomic mass is 10.1. The summed E-state index contributed by atoms with van der Waals surface area (Å²) in [5.41, 5.74) is 0.774. The molecule has 2 unspecified atom stereocenters. The Kier molecular flexibility index (Phi) is 8.69. The topological polar surface area (TPSA) is 98.1 Å². The molecule has 1 heterocycles. The number of ether oxygens (including phenoxy) is 3. The van der Waals surface area contributed by atoms with Crippen molar-refractivity contribution in [1.82, 2.24) is 4.98 Å². The summed E-state index contributed by atoms with van der Waals surface area (Å²) in [7, 11) is 0. The summed E-state index contributed by atoms with van der Waals surface area (Å²) in [5.74, 6) is 0.0651. The molecular formula is C20H24BrNO6. The Labute approximate surface area is 172 Å². The second kappa shape index (κ2) is 11.0. The molecule has 2 N–H and O–H groups in total. The molecule has 1 aromatic carbocycles. The fourth-order valence-corrected chi connectivity index (χ4v) is 2.77. The fourth-order valence-electron chi connectivity index (χ4n) is 2.40. The van der Waals surface area contributed by atoms with Gasteiger partial charge in [-0.25, -0.2) is 9.78 Å². The van der Waals surface area contributed by atoms with E-state index in [1.54, 1.807) is 50.4 Å². The number of hydrogen-bond acceptors (Lipinski definition) is 6. The third-order valence-electron chi connectivity index (χ3n) is 3.63. The van der Waals surface area contributed by atoms with Gasteiger partial charge >= 0.3 is 5.97 Å². The zero-order valence-corrected chi connectivity index (χ0v) is 17.3. The van der Waals surface area contributed by atoms with Gasteiger partial charge in [0.15, 0.2) is 11.9 Å². The van der Waals surface area contributed by atoms with E-state index in [0.717, 1.165) is 5.56 Å². The van der Waals surface area contributed by atoms with E-state index in [2.05, 4.69) is 20.9 Å². The average Bonchev–Trinajstić information content (AvgIpc) is 2.65. The molecule has 0 aliphatic rings. The van der Waals surface area contributed by atoms with Gasteiger partial charge in [-0.05, 0) is 59.6 Å². The first-order valence-corrected chi connectivity index (χ1v) is 9.66. The molecule has 0 aliphatic carbocycles. The van der Waals surface area contributed by atoms with E-state index in [4.69, 9.17) is 14.2 Å². The number of aliphatic carboxylic acids is 1. The molecular weight excluding hydrogens is 430 g/mol. The molecule has 1 aromatic heterocycles. The third-order valence-corrected chi connectivity index (χ3v) is 4.23. The summed E-state index contributed by atoms with van der Waals surface area (Å²) < 4.78 is 17.1. The van der Waals surface area contributed by atoms with E-state index in [0.29, 0.717) is 16.1 Å². The third kappa shape index (κ3) is 7.46. The van der Waals surface area contributed by atoms with Crippen molar-refractivity contribution in [2.24, 2.45) is 0 Å². The number of carboxylic acid groups (broad SMARTS) is 1. The lowest BCUT2D eigenvalue weighted by molar-refractivity contribution is -0.153. The van der Waals surface area contributed by atoms with Crippen LogP contribution in [-0.4, -0.2) is 52.7 Å². The highest BCUT2D eigenvalue weighted by atomic mass is 79.9. The van der Waals surface area contributed by atoms with Crippen LogP contribution in [0.2, 0.25) is 0 Å². The number of aromatic nitrogens is 1. The van der Waals surface area contributed by atoms with Gasteiger partial charge in [-0.15, -0.1) is 0 Å². The van der Waals surface area contributed by atoms with Gasteiger partial charge in [-0.2, -0.15) is 0 Å². The van der Waals surface area contributed by atoms with E-state index in [1.165, 1.54) is 0 Å². The van der Waals surface area contributed by atoms with E-state index in [-0.39, 0.29) is 25.7 Å². The van der Waals surface area contributed by atoms with Crippen molar-refractivity contribution in [2.75, 3.05) is 13.2 Å². The normalized spacial score (nSPS) is 13.2. The van der Waals surface area contributed by atoms with Gasteiger partial charge in [0.1, 0.15) is 29.7 Å². The Morgan fingerprint density at radius 3 is 2.61 bits per heavy atom. The number of hydrogen-bond donors (Lipinski definition) is 2. The lowest BCUT2D eigenvalue weighted by Gasteiger charge is -2.17. The highest BCUT2D eigenvalue weighted by Gasteiger charge is 2.20. The summed E-state index contributed by atoms with van der Waals surface area (Å²) in [6.07, 6.45) is -0.0924. The maximum absolute atomic E-state index is 11.3. The van der Waals surface area contributed by atoms with Gasteiger partial charge < -0.3 is 24.4 Å². The number of rotatable bonds is 11. The maximum Gasteiger partial charge on any atom is 0.333 e. The first-order chi connectivity index (χ1) is 13.3. The highest BCUT2D eigenvalue weighted by Crippen LogP contribution is 2.21. The Morgan fingerprint density at radius 1 is 1.18 bits per heavy atom. The standard InChI is InChI=1S/C20H24BrNO6/c1-13(2)28-18(20(24)25)10-14-5-3-6-16(9-14)26-11-15(23)12-27-17-7-4-8-22-19(17)21/h3-9,13,15,18,23H,10-12H2,1-2H3,(H,24,25). The molecule has 8 heteroatoms. The zero-order chi connectivity index (χ0) is 20.5. The van der Waals surface area contributed by atoms with Crippen molar-refractivity contribution in [2.45, 2.75) is 38.6 Å². The lowest BCUT2D eigenvalue weighted by Crippen LogP contribution is -2.29. The number of aliphatic hydroxyl groups is 1. The van der Waals surface area contributed by atoms with Gasteiger partial charge in [0.2, 0.25) is 0 Å². The quantitative estimate of drug-likeness (QED) is 0.504. The summed E-state index contributed by atoms with van der Waals surface area (Å²) in [4.78, 5) is 15.4. The number of halogens is 1. The first-order valence-electron chi connectivity index (χ1n) is 8.86. The molecule has 0 radical (unpaired) electrons. The molecule has 0 spiro atoms. The fraction of sp³-hybridized carbons (Fsp3) is 0.400. The van der Waals surface area contributed by atoms with Crippen LogP contribution in [0.15, 0.2) is 47.2 Å². The largest absolute Gasteiger partial charge is 0.491 e. The van der Waals surface area contributed by atoms with Crippen molar-refractivity contribution in [3.8, 4) is 11.5 Å². The Balaban J connectivity index is 1.86. The van der Waals surface area contributed by atoms with Crippen LogP contribution in [0.3, 0.4) is 0 Å². The number of nitrogens with zero attached hydrogens (tertiary/aromatic N) is 1. The van der Waals surface area contributed by atoms with Gasteiger partial charge in [0.05, 0.1) is 6.10 Å². The van der Waals surface area contributed by atoms with Crippen LogP contribution in [-0.2, 0) is 16.0 Å². The predicted molar refractivity (Wildman–Crippen MR) is 107 cm³/mol. The number of pyridine rings is 1. The van der Waals surface area contributed by atoms with Gasteiger partial charge in [0.25, 0.3) is 0 Å². The average molecular weight is 454 g/mol. The summed E-state index contributed by atoms with van der Waals surface area (Å²) in [6, 6.07) is 10.5. The van der Waals surface area contributed by atoms with Crippen molar-refractivity contribution in [3.63, 3.8) is 0 Å². The molecule has 0 bridgehead atoms. The van der Waals surface area contributed by atoms with E-state index < -0.39 is 18.2 Å². The molecule has 0 saturated carbocycles. The number of carbonyl (C=O) groups is 1. The number of carboxylic acids is 1. The molecule has 152 valence electrons. The van der Waals surface area contributed by atoms with Crippen molar-refractivity contribution >= 4 is 21.9 Å². The summed E-state index contributed by atoms with van der Waals surface area (Å²) in [6.45, 7) is 3.67. The molecule has 2 aromatic rings. The van der Waals surface area contributed by atoms with E-state index >= 15 is 0 Å². The Bertz CT molecular complexity index is 770. The molecule has 7 nitrogen and oxygen atoms in total. The van der Waals surface area contributed by atoms with Crippen LogP contribution >= 0.6 is 15.9 Å². The summed E-state index contributed by atoms with van der Waals surface area (Å²) in [5, 5.41) is 19.4. The highest BCUT2D eigenvalue weighted by molar-refractivity contribution is 9.10. The molecule has 2 rings (SSSR count). The van der Waals surface area contributed by atoms with E-state index in [9.17, 15) is 15.0 Å². The minimum atomic E-state index is -1.01. The Hall–Kier alpha value is -2.16. The zero-order valence-electron chi connectivity index (χ0n) is 15.7. The van der Waals surface area contributed by atoms with Crippen LogP contribution < -0.4 is 9.47 Å². The minimum absolute atomic E-state index is 0.0339. The maximum atomic E-state index is 11.3.